The van der Waals surface area contributed by atoms with Gasteiger partial charge in [0, 0.05) is 24.7 Å². The van der Waals surface area contributed by atoms with Crippen LogP contribution in [-0.4, -0.2) is 61.5 Å². The van der Waals surface area contributed by atoms with Gasteiger partial charge in [-0.1, -0.05) is 35.9 Å². The zero-order valence-corrected chi connectivity index (χ0v) is 18.8. The minimum atomic E-state index is -0.705. The van der Waals surface area contributed by atoms with E-state index in [-0.39, 0.29) is 30.3 Å². The molecule has 5 rings (SSSR count). The van der Waals surface area contributed by atoms with Crippen LogP contribution in [0.3, 0.4) is 0 Å². The molecule has 0 radical (unpaired) electrons. The molecule has 2 fully saturated rings. The van der Waals surface area contributed by atoms with E-state index in [2.05, 4.69) is 15.5 Å². The first-order valence-corrected chi connectivity index (χ1v) is 11.5. The van der Waals surface area contributed by atoms with E-state index in [0.29, 0.717) is 48.1 Å². The average Bonchev–Trinajstić information content (AvgIpc) is 3.62. The number of hydrogen-bond acceptors (Lipinski definition) is 5. The molecule has 9 heteroatoms. The molecular formula is C24H25ClN4O4. The van der Waals surface area contributed by atoms with Gasteiger partial charge in [-0.3, -0.25) is 14.4 Å². The van der Waals surface area contributed by atoms with E-state index in [1.807, 2.05) is 6.07 Å². The predicted molar refractivity (Wildman–Crippen MR) is 124 cm³/mol. The lowest BCUT2D eigenvalue weighted by atomic mass is 10.0. The number of nitrogens with one attached hydrogen (secondary N) is 2. The van der Waals surface area contributed by atoms with Crippen molar-refractivity contribution >= 4 is 40.7 Å². The first-order chi connectivity index (χ1) is 16.0. The molecule has 1 saturated carbocycles. The van der Waals surface area contributed by atoms with Crippen molar-refractivity contribution in [1.82, 2.24) is 10.2 Å². The summed E-state index contributed by atoms with van der Waals surface area (Å²) in [5.74, 6) is -0.836. The van der Waals surface area contributed by atoms with E-state index < -0.39 is 6.04 Å². The Hall–Kier alpha value is -3.10. The maximum atomic E-state index is 13.1. The van der Waals surface area contributed by atoms with Crippen molar-refractivity contribution in [3.05, 3.63) is 58.6 Å². The molecule has 2 heterocycles. The first-order valence-electron chi connectivity index (χ1n) is 11.1. The number of halogens is 1. The van der Waals surface area contributed by atoms with E-state index >= 15 is 0 Å². The molecule has 2 aromatic carbocycles. The lowest BCUT2D eigenvalue weighted by Crippen LogP contribution is -2.42. The molecule has 1 aliphatic carbocycles. The topological polar surface area (TPSA) is 91.0 Å². The van der Waals surface area contributed by atoms with E-state index in [0.717, 1.165) is 18.5 Å². The number of para-hydroxylation sites is 1. The van der Waals surface area contributed by atoms with Crippen molar-refractivity contribution in [1.29, 1.82) is 0 Å². The van der Waals surface area contributed by atoms with Gasteiger partial charge in [0.25, 0.3) is 5.91 Å². The Morgan fingerprint density at radius 1 is 1.06 bits per heavy atom. The van der Waals surface area contributed by atoms with Gasteiger partial charge < -0.3 is 25.2 Å². The lowest BCUT2D eigenvalue weighted by molar-refractivity contribution is -0.127. The summed E-state index contributed by atoms with van der Waals surface area (Å²) in [6.07, 6.45) is 1.78. The summed E-state index contributed by atoms with van der Waals surface area (Å²) in [5, 5.41) is 6.13. The number of rotatable bonds is 6. The number of ether oxygens (including phenoxy) is 1. The van der Waals surface area contributed by atoms with Crippen LogP contribution >= 0.6 is 11.6 Å². The second-order valence-electron chi connectivity index (χ2n) is 8.43. The third-order valence-corrected chi connectivity index (χ3v) is 6.50. The first kappa shape index (κ1) is 21.7. The van der Waals surface area contributed by atoms with Gasteiger partial charge in [-0.25, -0.2) is 0 Å². The molecule has 3 aliphatic rings. The van der Waals surface area contributed by atoms with Crippen molar-refractivity contribution in [2.75, 3.05) is 43.1 Å². The largest absolute Gasteiger partial charge is 0.378 e. The van der Waals surface area contributed by atoms with E-state index in [9.17, 15) is 14.4 Å². The zero-order valence-electron chi connectivity index (χ0n) is 18.1. The summed E-state index contributed by atoms with van der Waals surface area (Å²) in [7, 11) is 0. The molecule has 1 atom stereocenters. The lowest BCUT2D eigenvalue weighted by Gasteiger charge is -2.31. The van der Waals surface area contributed by atoms with Gasteiger partial charge >= 0.3 is 0 Å². The molecule has 0 spiro atoms. The standard InChI is InChI=1S/C24H25ClN4O4/c25-18-6-3-7-19(22(18)28-10-12-33-13-11-28)27-20(30)14-26-23(31)21-16-4-1-2-5-17(16)24(32)29(21)15-8-9-15/h1-7,15,21H,8-14H2,(H,26,31)(H,27,30). The number of nitrogens with zero attached hydrogens (tertiary/aromatic N) is 2. The van der Waals surface area contributed by atoms with Crippen LogP contribution in [0.4, 0.5) is 11.4 Å². The number of fused-ring (bicyclic) bond motifs is 1. The molecule has 0 bridgehead atoms. The quantitative estimate of drug-likeness (QED) is 0.680. The van der Waals surface area contributed by atoms with Gasteiger partial charge in [-0.05, 0) is 36.6 Å². The Kier molecular flexibility index (Phi) is 5.95. The highest BCUT2D eigenvalue weighted by molar-refractivity contribution is 6.34. The number of carbonyl (C=O) groups excluding carboxylic acids is 3. The predicted octanol–water partition coefficient (Wildman–Crippen LogP) is 2.59. The highest BCUT2D eigenvalue weighted by Gasteiger charge is 2.47. The molecular weight excluding hydrogens is 444 g/mol. The highest BCUT2D eigenvalue weighted by atomic mass is 35.5. The van der Waals surface area contributed by atoms with E-state index in [1.54, 1.807) is 41.3 Å². The molecule has 1 saturated heterocycles. The SMILES string of the molecule is O=C(CNC(=O)C1c2ccccc2C(=O)N1C1CC1)Nc1cccc(Cl)c1N1CCOCC1. The summed E-state index contributed by atoms with van der Waals surface area (Å²) in [6.45, 7) is 2.33. The van der Waals surface area contributed by atoms with Crippen LogP contribution in [0, 0.1) is 0 Å². The van der Waals surface area contributed by atoms with Crippen LogP contribution in [0.5, 0.6) is 0 Å². The van der Waals surface area contributed by atoms with Gasteiger partial charge in [0.2, 0.25) is 11.8 Å². The fourth-order valence-electron chi connectivity index (χ4n) is 4.52. The van der Waals surface area contributed by atoms with Crippen LogP contribution < -0.4 is 15.5 Å². The number of carbonyl (C=O) groups is 3. The van der Waals surface area contributed by atoms with Crippen LogP contribution in [-0.2, 0) is 14.3 Å². The molecule has 172 valence electrons. The van der Waals surface area contributed by atoms with Crippen molar-refractivity contribution < 1.29 is 19.1 Å². The summed E-state index contributed by atoms with van der Waals surface area (Å²) in [6, 6.07) is 11.9. The number of amides is 3. The monoisotopic (exact) mass is 468 g/mol. The molecule has 33 heavy (non-hydrogen) atoms. The molecule has 1 unspecified atom stereocenters. The van der Waals surface area contributed by atoms with Gasteiger partial charge in [0.05, 0.1) is 36.2 Å². The Morgan fingerprint density at radius 3 is 2.58 bits per heavy atom. The van der Waals surface area contributed by atoms with Crippen molar-refractivity contribution in [2.45, 2.75) is 24.9 Å². The zero-order chi connectivity index (χ0) is 22.9. The molecule has 8 nitrogen and oxygen atoms in total. The number of anilines is 2. The molecule has 2 aliphatic heterocycles. The molecule has 2 N–H and O–H groups in total. The number of benzene rings is 2. The van der Waals surface area contributed by atoms with Crippen molar-refractivity contribution in [3.8, 4) is 0 Å². The smallest absolute Gasteiger partial charge is 0.255 e. The average molecular weight is 469 g/mol. The number of morpholine rings is 1. The van der Waals surface area contributed by atoms with Gasteiger partial charge in [-0.2, -0.15) is 0 Å². The van der Waals surface area contributed by atoms with Gasteiger partial charge in [0.15, 0.2) is 0 Å². The summed E-state index contributed by atoms with van der Waals surface area (Å²) in [4.78, 5) is 42.4. The maximum absolute atomic E-state index is 13.1. The van der Waals surface area contributed by atoms with Gasteiger partial charge in [0.1, 0.15) is 6.04 Å². The Bertz CT molecular complexity index is 1100. The molecule has 2 aromatic rings. The number of hydrogen-bond donors (Lipinski definition) is 2. The Labute approximate surface area is 196 Å². The van der Waals surface area contributed by atoms with E-state index in [1.165, 1.54) is 0 Å². The Balaban J connectivity index is 1.27. The fraction of sp³-hybridized carbons (Fsp3) is 0.375. The van der Waals surface area contributed by atoms with Gasteiger partial charge in [-0.15, -0.1) is 0 Å². The van der Waals surface area contributed by atoms with Crippen molar-refractivity contribution in [3.63, 3.8) is 0 Å². The fourth-order valence-corrected chi connectivity index (χ4v) is 4.81. The molecule has 0 aromatic heterocycles. The van der Waals surface area contributed by atoms with Crippen LogP contribution in [0.1, 0.15) is 34.8 Å². The third kappa shape index (κ3) is 4.28. The second-order valence-corrected chi connectivity index (χ2v) is 8.84. The molecule has 3 amide bonds. The third-order valence-electron chi connectivity index (χ3n) is 6.20. The minimum absolute atomic E-state index is 0.0806. The van der Waals surface area contributed by atoms with E-state index in [4.69, 9.17) is 16.3 Å². The Morgan fingerprint density at radius 2 is 1.82 bits per heavy atom. The summed E-state index contributed by atoms with van der Waals surface area (Å²) in [5.41, 5.74) is 2.59. The van der Waals surface area contributed by atoms with Crippen LogP contribution in [0.15, 0.2) is 42.5 Å². The summed E-state index contributed by atoms with van der Waals surface area (Å²) >= 11 is 6.43. The normalized spacial score (nSPS) is 19.9. The second kappa shape index (κ2) is 9.03. The van der Waals surface area contributed by atoms with Crippen molar-refractivity contribution in [2.24, 2.45) is 0 Å². The van der Waals surface area contributed by atoms with Crippen LogP contribution in [0.2, 0.25) is 5.02 Å². The van der Waals surface area contributed by atoms with Crippen LogP contribution in [0.25, 0.3) is 0 Å². The highest BCUT2D eigenvalue weighted by Crippen LogP contribution is 2.42. The summed E-state index contributed by atoms with van der Waals surface area (Å²) < 4.78 is 5.41. The minimum Gasteiger partial charge on any atom is -0.378 e. The maximum Gasteiger partial charge on any atom is 0.255 e.